The minimum atomic E-state index is -0.0228. The molecule has 0 bridgehead atoms. The Balaban J connectivity index is 1.28. The molecule has 130 valence electrons. The normalized spacial score (nSPS) is 12.5. The smallest absolute Gasteiger partial charge is 0.251 e. The van der Waals surface area contributed by atoms with Gasteiger partial charge in [0.15, 0.2) is 0 Å². The highest BCUT2D eigenvalue weighted by Crippen LogP contribution is 2.18. The van der Waals surface area contributed by atoms with Crippen LogP contribution in [0.15, 0.2) is 71.7 Å². The van der Waals surface area contributed by atoms with Crippen LogP contribution in [0.1, 0.15) is 27.9 Å². The fourth-order valence-corrected chi connectivity index (χ4v) is 3.31. The minimum Gasteiger partial charge on any atom is -0.370 e. The predicted molar refractivity (Wildman–Crippen MR) is 106 cm³/mol. The van der Waals surface area contributed by atoms with Crippen molar-refractivity contribution in [2.75, 3.05) is 13.1 Å². The van der Waals surface area contributed by atoms with E-state index in [9.17, 15) is 4.79 Å². The van der Waals surface area contributed by atoms with E-state index in [2.05, 4.69) is 27.8 Å². The molecule has 1 amide bonds. The zero-order valence-electron chi connectivity index (χ0n) is 14.5. The van der Waals surface area contributed by atoms with E-state index in [0.717, 1.165) is 41.7 Å². The van der Waals surface area contributed by atoms with Gasteiger partial charge in [-0.2, -0.15) is 0 Å². The third-order valence-electron chi connectivity index (χ3n) is 4.65. The third kappa shape index (κ3) is 3.31. The first-order chi connectivity index (χ1) is 12.8. The summed E-state index contributed by atoms with van der Waals surface area (Å²) in [6, 6.07) is 22.1. The molecular weight excluding hydrogens is 322 g/mol. The van der Waals surface area contributed by atoms with Gasteiger partial charge in [-0.1, -0.05) is 60.7 Å². The Labute approximate surface area is 153 Å². The van der Waals surface area contributed by atoms with Gasteiger partial charge in [-0.3, -0.25) is 9.79 Å². The van der Waals surface area contributed by atoms with Crippen LogP contribution in [-0.2, 0) is 6.54 Å². The lowest BCUT2D eigenvalue weighted by molar-refractivity contribution is 0.0955. The van der Waals surface area contributed by atoms with Crippen LogP contribution in [0.25, 0.3) is 10.8 Å². The second-order valence-corrected chi connectivity index (χ2v) is 6.38. The van der Waals surface area contributed by atoms with Crippen molar-refractivity contribution in [3.8, 4) is 0 Å². The second-order valence-electron chi connectivity index (χ2n) is 6.38. The van der Waals surface area contributed by atoms with Gasteiger partial charge in [0.2, 0.25) is 0 Å². The highest BCUT2D eigenvalue weighted by atomic mass is 16.1. The van der Waals surface area contributed by atoms with Crippen molar-refractivity contribution in [1.29, 1.82) is 0 Å². The van der Waals surface area contributed by atoms with Gasteiger partial charge in [0.25, 0.3) is 5.91 Å². The van der Waals surface area contributed by atoms with Crippen LogP contribution < -0.4 is 10.6 Å². The molecule has 0 unspecified atom stereocenters. The fraction of sp³-hybridized carbons (Fsp3) is 0.182. The Bertz CT molecular complexity index is 973. The van der Waals surface area contributed by atoms with Crippen molar-refractivity contribution < 1.29 is 4.79 Å². The number of rotatable bonds is 5. The van der Waals surface area contributed by atoms with Crippen molar-refractivity contribution >= 4 is 22.5 Å². The van der Waals surface area contributed by atoms with E-state index >= 15 is 0 Å². The van der Waals surface area contributed by atoms with Crippen molar-refractivity contribution in [3.63, 3.8) is 0 Å². The summed E-state index contributed by atoms with van der Waals surface area (Å²) in [7, 11) is 0. The van der Waals surface area contributed by atoms with Crippen LogP contribution in [0.5, 0.6) is 0 Å². The van der Waals surface area contributed by atoms with Gasteiger partial charge in [-0.25, -0.2) is 0 Å². The summed E-state index contributed by atoms with van der Waals surface area (Å²) >= 11 is 0. The molecule has 1 aliphatic rings. The molecule has 0 saturated carbocycles. The molecule has 3 aromatic carbocycles. The van der Waals surface area contributed by atoms with E-state index in [-0.39, 0.29) is 5.91 Å². The Hall–Kier alpha value is -3.14. The molecule has 4 rings (SSSR count). The lowest BCUT2D eigenvalue weighted by Gasteiger charge is -2.10. The molecule has 0 atom stereocenters. The number of nitrogens with zero attached hydrogens (tertiary/aromatic N) is 1. The maximum Gasteiger partial charge on any atom is 0.251 e. The molecule has 4 heteroatoms. The summed E-state index contributed by atoms with van der Waals surface area (Å²) in [6.07, 6.45) is 0.845. The molecular formula is C22H21N3O. The minimum absolute atomic E-state index is 0.0228. The molecule has 1 heterocycles. The maximum absolute atomic E-state index is 12.5. The Morgan fingerprint density at radius 3 is 2.69 bits per heavy atom. The second kappa shape index (κ2) is 7.40. The van der Waals surface area contributed by atoms with E-state index in [1.165, 1.54) is 11.1 Å². The molecule has 0 aliphatic carbocycles. The maximum atomic E-state index is 12.5. The topological polar surface area (TPSA) is 53.5 Å². The van der Waals surface area contributed by atoms with E-state index in [1.807, 2.05) is 54.6 Å². The zero-order valence-corrected chi connectivity index (χ0v) is 14.5. The molecule has 0 aromatic heterocycles. The number of fused-ring (bicyclic) bond motifs is 2. The summed E-state index contributed by atoms with van der Waals surface area (Å²) in [5.74, 6) is 0.936. The number of amidine groups is 1. The molecule has 3 aromatic rings. The summed E-state index contributed by atoms with van der Waals surface area (Å²) in [5.41, 5.74) is 3.18. The highest BCUT2D eigenvalue weighted by Gasteiger charge is 2.14. The van der Waals surface area contributed by atoms with Gasteiger partial charge in [-0.05, 0) is 28.8 Å². The third-order valence-corrected chi connectivity index (χ3v) is 4.65. The molecule has 0 spiro atoms. The van der Waals surface area contributed by atoms with Crippen molar-refractivity contribution in [3.05, 3.63) is 83.4 Å². The van der Waals surface area contributed by atoms with Gasteiger partial charge in [0.05, 0.1) is 6.54 Å². The number of carbonyl (C=O) groups is 1. The van der Waals surface area contributed by atoms with Crippen LogP contribution >= 0.6 is 0 Å². The first-order valence-corrected chi connectivity index (χ1v) is 8.95. The van der Waals surface area contributed by atoms with Crippen LogP contribution in [0, 0.1) is 0 Å². The molecule has 0 fully saturated rings. The van der Waals surface area contributed by atoms with Crippen LogP contribution in [0.4, 0.5) is 0 Å². The first-order valence-electron chi connectivity index (χ1n) is 8.95. The van der Waals surface area contributed by atoms with Gasteiger partial charge < -0.3 is 10.6 Å². The number of aliphatic imine (C=N–C) groups is 1. The van der Waals surface area contributed by atoms with E-state index < -0.39 is 0 Å². The molecule has 4 nitrogen and oxygen atoms in total. The summed E-state index contributed by atoms with van der Waals surface area (Å²) < 4.78 is 0. The first kappa shape index (κ1) is 16.3. The molecule has 2 N–H and O–H groups in total. The van der Waals surface area contributed by atoms with Crippen molar-refractivity contribution in [2.24, 2.45) is 4.99 Å². The largest absolute Gasteiger partial charge is 0.370 e. The number of carbonyl (C=O) groups excluding carboxylic acids is 1. The van der Waals surface area contributed by atoms with Gasteiger partial charge in [0, 0.05) is 24.2 Å². The molecule has 26 heavy (non-hydrogen) atoms. The lowest BCUT2D eigenvalue weighted by atomic mass is 10.0. The summed E-state index contributed by atoms with van der Waals surface area (Å²) in [4.78, 5) is 17.0. The van der Waals surface area contributed by atoms with Crippen LogP contribution in [0.3, 0.4) is 0 Å². The number of hydrogen-bond acceptors (Lipinski definition) is 3. The van der Waals surface area contributed by atoms with E-state index in [0.29, 0.717) is 6.54 Å². The SMILES string of the molecule is O=C(NCCCNC1=NCc2ccccc21)c1cccc2ccccc12. The number of amides is 1. The summed E-state index contributed by atoms with van der Waals surface area (Å²) in [6.45, 7) is 2.16. The summed E-state index contributed by atoms with van der Waals surface area (Å²) in [5, 5.41) is 8.47. The Morgan fingerprint density at radius 1 is 0.923 bits per heavy atom. The lowest BCUT2D eigenvalue weighted by Crippen LogP contribution is -2.29. The predicted octanol–water partition coefficient (Wildman–Crippen LogP) is 3.51. The Kier molecular flexibility index (Phi) is 4.65. The monoisotopic (exact) mass is 343 g/mol. The molecule has 1 aliphatic heterocycles. The molecule has 0 saturated heterocycles. The zero-order chi connectivity index (χ0) is 17.8. The average molecular weight is 343 g/mol. The molecule has 0 radical (unpaired) electrons. The van der Waals surface area contributed by atoms with Gasteiger partial charge >= 0.3 is 0 Å². The Morgan fingerprint density at radius 2 is 1.73 bits per heavy atom. The number of benzene rings is 3. The highest BCUT2D eigenvalue weighted by molar-refractivity contribution is 6.07. The number of nitrogens with one attached hydrogen (secondary N) is 2. The number of hydrogen-bond donors (Lipinski definition) is 2. The average Bonchev–Trinajstić information content (AvgIpc) is 3.10. The van der Waals surface area contributed by atoms with Crippen LogP contribution in [0.2, 0.25) is 0 Å². The van der Waals surface area contributed by atoms with Crippen LogP contribution in [-0.4, -0.2) is 24.8 Å². The van der Waals surface area contributed by atoms with Gasteiger partial charge in [0.1, 0.15) is 5.84 Å². The van der Waals surface area contributed by atoms with Gasteiger partial charge in [-0.15, -0.1) is 0 Å². The quantitative estimate of drug-likeness (QED) is 0.697. The fourth-order valence-electron chi connectivity index (χ4n) is 3.31. The van der Waals surface area contributed by atoms with E-state index in [4.69, 9.17) is 0 Å². The van der Waals surface area contributed by atoms with E-state index in [1.54, 1.807) is 0 Å². The van der Waals surface area contributed by atoms with Crippen molar-refractivity contribution in [2.45, 2.75) is 13.0 Å². The standard InChI is InChI=1S/C22H21N3O/c26-22(20-12-5-9-16-7-1-3-10-18(16)20)24-14-6-13-23-21-19-11-4-2-8-17(19)15-25-21/h1-5,7-12H,6,13-15H2,(H,23,25)(H,24,26). The van der Waals surface area contributed by atoms with Crippen molar-refractivity contribution in [1.82, 2.24) is 10.6 Å².